The summed E-state index contributed by atoms with van der Waals surface area (Å²) in [7, 11) is 0. The lowest BCUT2D eigenvalue weighted by molar-refractivity contribution is -0.140. The Morgan fingerprint density at radius 2 is 1.48 bits per heavy atom. The molecule has 0 heterocycles. The minimum atomic E-state index is -0.729. The quantitative estimate of drug-likeness (QED) is 0.527. The van der Waals surface area contributed by atoms with E-state index in [9.17, 15) is 4.79 Å². The zero-order chi connectivity index (χ0) is 18.3. The lowest BCUT2D eigenvalue weighted by Crippen LogP contribution is -2.34. The maximum atomic E-state index is 11.3. The minimum Gasteiger partial charge on any atom is -0.376 e. The van der Waals surface area contributed by atoms with Crippen molar-refractivity contribution in [2.45, 2.75) is 92.5 Å². The highest BCUT2D eigenvalue weighted by atomic mass is 16.5. The number of rotatable bonds is 11. The summed E-state index contributed by atoms with van der Waals surface area (Å²) in [5.74, 6) is 0.0278. The molecule has 0 saturated heterocycles. The molecule has 0 amide bonds. The van der Waals surface area contributed by atoms with Gasteiger partial charge in [0.15, 0.2) is 5.78 Å². The lowest BCUT2D eigenvalue weighted by Gasteiger charge is -2.33. The molecular formula is C19H38O4. The van der Waals surface area contributed by atoms with Crippen molar-refractivity contribution >= 4 is 5.78 Å². The zero-order valence-electron chi connectivity index (χ0n) is 16.7. The third kappa shape index (κ3) is 11.7. The predicted molar refractivity (Wildman–Crippen MR) is 94.8 cm³/mol. The van der Waals surface area contributed by atoms with Crippen LogP contribution in [0.25, 0.3) is 0 Å². The average Bonchev–Trinajstić information content (AvgIpc) is 2.31. The smallest absolute Gasteiger partial charge is 0.160 e. The van der Waals surface area contributed by atoms with Crippen molar-refractivity contribution in [2.24, 2.45) is 5.41 Å². The Bertz CT molecular complexity index is 353. The summed E-state index contributed by atoms with van der Waals surface area (Å²) in [6, 6.07) is 0. The van der Waals surface area contributed by atoms with E-state index in [0.29, 0.717) is 19.8 Å². The molecule has 0 bridgehead atoms. The first kappa shape index (κ1) is 22.6. The summed E-state index contributed by atoms with van der Waals surface area (Å²) in [5.41, 5.74) is -0.592. The molecule has 0 radical (unpaired) electrons. The number of ether oxygens (including phenoxy) is 3. The summed E-state index contributed by atoms with van der Waals surface area (Å²) in [4.78, 5) is 11.3. The summed E-state index contributed by atoms with van der Waals surface area (Å²) in [6.07, 6.45) is 1.98. The van der Waals surface area contributed by atoms with Crippen LogP contribution in [0.3, 0.4) is 0 Å². The van der Waals surface area contributed by atoms with E-state index >= 15 is 0 Å². The van der Waals surface area contributed by atoms with Gasteiger partial charge in [-0.25, -0.2) is 0 Å². The number of carbonyl (C=O) groups is 1. The first-order valence-electron chi connectivity index (χ1n) is 8.66. The van der Waals surface area contributed by atoms with E-state index in [0.717, 1.165) is 12.8 Å². The number of hydrogen-bond acceptors (Lipinski definition) is 4. The van der Waals surface area contributed by atoms with Crippen LogP contribution in [0.5, 0.6) is 0 Å². The van der Waals surface area contributed by atoms with E-state index < -0.39 is 5.60 Å². The van der Waals surface area contributed by atoms with Crippen molar-refractivity contribution in [1.82, 2.24) is 0 Å². The fraction of sp³-hybridized carbons (Fsp3) is 0.947. The Balaban J connectivity index is 3.88. The maximum absolute atomic E-state index is 11.3. The number of Topliss-reactive ketones (excluding diaryl/α,β-unsaturated/α-hetero) is 1. The van der Waals surface area contributed by atoms with Crippen LogP contribution < -0.4 is 0 Å². The van der Waals surface area contributed by atoms with Crippen LogP contribution in [0, 0.1) is 5.41 Å². The molecular weight excluding hydrogens is 292 g/mol. The van der Waals surface area contributed by atoms with Gasteiger partial charge < -0.3 is 14.2 Å². The van der Waals surface area contributed by atoms with Crippen molar-refractivity contribution in [3.05, 3.63) is 0 Å². The fourth-order valence-electron chi connectivity index (χ4n) is 2.56. The molecule has 0 aromatic rings. The normalized spacial score (nSPS) is 14.8. The van der Waals surface area contributed by atoms with Crippen LogP contribution >= 0.6 is 0 Å². The van der Waals surface area contributed by atoms with Crippen molar-refractivity contribution < 1.29 is 19.0 Å². The Morgan fingerprint density at radius 3 is 1.96 bits per heavy atom. The van der Waals surface area contributed by atoms with Gasteiger partial charge >= 0.3 is 0 Å². The second-order valence-electron chi connectivity index (χ2n) is 8.73. The number of hydrogen-bond donors (Lipinski definition) is 0. The lowest BCUT2D eigenvalue weighted by atomic mass is 9.83. The molecule has 0 aliphatic carbocycles. The predicted octanol–water partition coefficient (Wildman–Crippen LogP) is 4.40. The molecule has 1 unspecified atom stereocenters. The first-order valence-corrected chi connectivity index (χ1v) is 8.66. The van der Waals surface area contributed by atoms with Gasteiger partial charge in [-0.1, -0.05) is 20.8 Å². The average molecular weight is 331 g/mol. The van der Waals surface area contributed by atoms with Gasteiger partial charge in [0.1, 0.15) is 5.60 Å². The van der Waals surface area contributed by atoms with Gasteiger partial charge in [-0.15, -0.1) is 0 Å². The van der Waals surface area contributed by atoms with Crippen molar-refractivity contribution in [2.75, 3.05) is 19.8 Å². The molecule has 0 spiro atoms. The molecule has 138 valence electrons. The van der Waals surface area contributed by atoms with Crippen molar-refractivity contribution in [3.63, 3.8) is 0 Å². The maximum Gasteiger partial charge on any atom is 0.160 e. The van der Waals surface area contributed by atoms with E-state index in [1.165, 1.54) is 0 Å². The van der Waals surface area contributed by atoms with Crippen LogP contribution in [-0.2, 0) is 19.0 Å². The van der Waals surface area contributed by atoms with Crippen LogP contribution in [0.2, 0.25) is 0 Å². The van der Waals surface area contributed by atoms with E-state index in [4.69, 9.17) is 14.2 Å². The molecule has 0 saturated carbocycles. The van der Waals surface area contributed by atoms with Gasteiger partial charge in [-0.3, -0.25) is 4.79 Å². The largest absolute Gasteiger partial charge is 0.376 e. The zero-order valence-corrected chi connectivity index (χ0v) is 16.7. The highest BCUT2D eigenvalue weighted by Crippen LogP contribution is 2.29. The van der Waals surface area contributed by atoms with E-state index in [2.05, 4.69) is 34.6 Å². The summed E-state index contributed by atoms with van der Waals surface area (Å²) in [6.45, 7) is 19.7. The fourth-order valence-corrected chi connectivity index (χ4v) is 2.56. The molecule has 0 aliphatic rings. The standard InChI is InChI=1S/C19H38O4/c1-15(21-12-13-23-19(8,9)16(2)20)10-11-22-18(6,7)14-17(3,4)5/h15H,10-14H2,1-9H3. The molecule has 0 rings (SSSR count). The monoisotopic (exact) mass is 330 g/mol. The summed E-state index contributed by atoms with van der Waals surface area (Å²) in [5, 5.41) is 0. The van der Waals surface area contributed by atoms with Gasteiger partial charge in [0.05, 0.1) is 24.9 Å². The first-order chi connectivity index (χ1) is 10.3. The number of carbonyl (C=O) groups excluding carboxylic acids is 1. The topological polar surface area (TPSA) is 44.8 Å². The summed E-state index contributed by atoms with van der Waals surface area (Å²) < 4.78 is 17.3. The van der Waals surface area contributed by atoms with Crippen LogP contribution in [0.15, 0.2) is 0 Å². The molecule has 0 aromatic carbocycles. The second kappa shape index (κ2) is 9.14. The highest BCUT2D eigenvalue weighted by molar-refractivity contribution is 5.83. The third-order valence-electron chi connectivity index (χ3n) is 3.77. The van der Waals surface area contributed by atoms with Gasteiger partial charge in [0, 0.05) is 6.61 Å². The molecule has 4 heteroatoms. The molecule has 23 heavy (non-hydrogen) atoms. The molecule has 4 nitrogen and oxygen atoms in total. The van der Waals surface area contributed by atoms with E-state index in [1.807, 2.05) is 6.92 Å². The van der Waals surface area contributed by atoms with Gasteiger partial charge in [-0.05, 0) is 59.8 Å². The minimum absolute atomic E-state index is 0.0278. The van der Waals surface area contributed by atoms with Crippen LogP contribution in [0.1, 0.15) is 75.2 Å². The van der Waals surface area contributed by atoms with Crippen molar-refractivity contribution in [1.29, 1.82) is 0 Å². The van der Waals surface area contributed by atoms with Gasteiger partial charge in [0.2, 0.25) is 0 Å². The molecule has 0 N–H and O–H groups in total. The molecule has 0 fully saturated rings. The SMILES string of the molecule is CC(=O)C(C)(C)OCCOC(C)CCOC(C)(C)CC(C)(C)C. The van der Waals surface area contributed by atoms with Gasteiger partial charge in [0.25, 0.3) is 0 Å². The second-order valence-corrected chi connectivity index (χ2v) is 8.73. The Morgan fingerprint density at radius 1 is 0.913 bits per heavy atom. The third-order valence-corrected chi connectivity index (χ3v) is 3.77. The van der Waals surface area contributed by atoms with Crippen LogP contribution in [0.4, 0.5) is 0 Å². The molecule has 0 aromatic heterocycles. The van der Waals surface area contributed by atoms with E-state index in [1.54, 1.807) is 20.8 Å². The van der Waals surface area contributed by atoms with Gasteiger partial charge in [-0.2, -0.15) is 0 Å². The number of ketones is 1. The van der Waals surface area contributed by atoms with E-state index in [-0.39, 0.29) is 22.9 Å². The Kier molecular flexibility index (Phi) is 8.96. The Hall–Kier alpha value is -0.450. The summed E-state index contributed by atoms with van der Waals surface area (Å²) >= 11 is 0. The molecule has 0 aliphatic heterocycles. The Labute approximate surface area is 143 Å². The van der Waals surface area contributed by atoms with Crippen molar-refractivity contribution in [3.8, 4) is 0 Å². The highest BCUT2D eigenvalue weighted by Gasteiger charge is 2.26. The van der Waals surface area contributed by atoms with Crippen LogP contribution in [-0.4, -0.2) is 42.9 Å². The molecule has 1 atom stereocenters.